The Kier molecular flexibility index (Phi) is 11.1. The summed E-state index contributed by atoms with van der Waals surface area (Å²) in [5.41, 5.74) is 0.961. The maximum absolute atomic E-state index is 12.9. The van der Waals surface area contributed by atoms with Crippen molar-refractivity contribution >= 4 is 70.3 Å². The van der Waals surface area contributed by atoms with Gasteiger partial charge in [-0.05, 0) is 108 Å². The number of anilines is 2. The number of carbonyl (C=O) groups excluding carboxylic acids is 1. The highest BCUT2D eigenvalue weighted by Gasteiger charge is 2.41. The lowest BCUT2D eigenvalue weighted by Crippen LogP contribution is -2.62. The molecule has 258 valence electrons. The summed E-state index contributed by atoms with van der Waals surface area (Å²) in [7, 11) is -6.95. The van der Waals surface area contributed by atoms with Gasteiger partial charge in [-0.3, -0.25) is 4.79 Å². The standard InChI is InChI=1S/C31H44N7O6S3/c1-8-37(15-9-10-16-47(43,44)36-22-19-30(3,4)38(40)31(5,6)20-22)23-11-13-27(28(17-23)32-21(2)39)33-34-29-25-18-24(46(7,41)42)12-14-26(25)35-45-29/h11-14,17-18,22,36H,8-10,15-16,19-20H2,1-7H3,(H,32,39)/q-1. The van der Waals surface area contributed by atoms with E-state index < -0.39 is 30.9 Å². The molecule has 2 heterocycles. The third-order valence-corrected chi connectivity index (χ3v) is 11.6. The Morgan fingerprint density at radius 3 is 2.36 bits per heavy atom. The van der Waals surface area contributed by atoms with Gasteiger partial charge < -0.3 is 20.5 Å². The Morgan fingerprint density at radius 2 is 1.74 bits per heavy atom. The number of unbranched alkanes of at least 4 members (excludes halogenated alkanes) is 1. The highest BCUT2D eigenvalue weighted by atomic mass is 32.2. The van der Waals surface area contributed by atoms with Crippen LogP contribution in [0.15, 0.2) is 51.5 Å². The molecule has 2 aromatic carbocycles. The summed E-state index contributed by atoms with van der Waals surface area (Å²) in [6, 6.07) is 9.76. The average molecular weight is 707 g/mol. The first-order valence-electron chi connectivity index (χ1n) is 15.5. The highest BCUT2D eigenvalue weighted by Crippen LogP contribution is 2.38. The number of nitrogens with zero attached hydrogens (tertiary/aromatic N) is 5. The predicted octanol–water partition coefficient (Wildman–Crippen LogP) is 6.12. The number of hydroxylamine groups is 2. The number of aromatic nitrogens is 1. The van der Waals surface area contributed by atoms with Gasteiger partial charge in [0.2, 0.25) is 15.9 Å². The van der Waals surface area contributed by atoms with E-state index in [0.29, 0.717) is 66.1 Å². The second-order valence-electron chi connectivity index (χ2n) is 13.3. The number of sulfone groups is 1. The summed E-state index contributed by atoms with van der Waals surface area (Å²) in [5, 5.41) is 26.2. The molecule has 16 heteroatoms. The minimum Gasteiger partial charge on any atom is -0.784 e. The van der Waals surface area contributed by atoms with E-state index in [2.05, 4.69) is 29.5 Å². The lowest BCUT2D eigenvalue weighted by molar-refractivity contribution is -0.114. The zero-order valence-electron chi connectivity index (χ0n) is 27.9. The molecule has 47 heavy (non-hydrogen) atoms. The lowest BCUT2D eigenvalue weighted by atomic mass is 9.79. The fraction of sp³-hybridized carbons (Fsp3) is 0.548. The van der Waals surface area contributed by atoms with Crippen LogP contribution in [0.4, 0.5) is 22.1 Å². The first kappa shape index (κ1) is 36.8. The number of benzene rings is 2. The van der Waals surface area contributed by atoms with E-state index in [1.807, 2.05) is 40.7 Å². The second kappa shape index (κ2) is 14.2. The number of sulfonamides is 1. The number of hydrogen-bond donors (Lipinski definition) is 2. The van der Waals surface area contributed by atoms with Crippen LogP contribution in [0.3, 0.4) is 0 Å². The van der Waals surface area contributed by atoms with Crippen molar-refractivity contribution in [3.63, 3.8) is 0 Å². The van der Waals surface area contributed by atoms with Crippen LogP contribution in [0.5, 0.6) is 0 Å². The molecular formula is C31H44N7O6S3-. The predicted molar refractivity (Wildman–Crippen MR) is 188 cm³/mol. The van der Waals surface area contributed by atoms with Gasteiger partial charge in [0.05, 0.1) is 21.9 Å². The van der Waals surface area contributed by atoms with Crippen LogP contribution < -0.4 is 14.9 Å². The van der Waals surface area contributed by atoms with Gasteiger partial charge in [0.1, 0.15) is 5.69 Å². The zero-order chi connectivity index (χ0) is 34.8. The number of nitrogens with one attached hydrogen (secondary N) is 2. The molecule has 0 saturated carbocycles. The molecule has 13 nitrogen and oxygen atoms in total. The normalized spacial score (nSPS) is 17.4. The quantitative estimate of drug-likeness (QED) is 0.157. The minimum atomic E-state index is -3.54. The fourth-order valence-electron chi connectivity index (χ4n) is 6.13. The van der Waals surface area contributed by atoms with Crippen molar-refractivity contribution in [2.45, 2.75) is 89.2 Å². The van der Waals surface area contributed by atoms with E-state index >= 15 is 0 Å². The number of hydrogen-bond acceptors (Lipinski definition) is 12. The second-order valence-corrected chi connectivity index (χ2v) is 17.9. The SMILES string of the molecule is CCN(CCCCS(=O)(=O)NC1CC(C)(C)N([O-])C(C)(C)C1)c1ccc(N=Nc2snc3ccc(S(C)(=O)=O)cc23)c(NC(C)=O)c1. The number of amides is 1. The topological polar surface area (TPSA) is 177 Å². The van der Waals surface area contributed by atoms with Gasteiger partial charge in [0, 0.05) is 54.5 Å². The van der Waals surface area contributed by atoms with E-state index in [1.165, 1.54) is 19.1 Å². The maximum Gasteiger partial charge on any atom is 0.221 e. The van der Waals surface area contributed by atoms with E-state index in [1.54, 1.807) is 18.2 Å². The molecule has 0 unspecified atom stereocenters. The largest absolute Gasteiger partial charge is 0.784 e. The van der Waals surface area contributed by atoms with Crippen molar-refractivity contribution in [1.82, 2.24) is 14.2 Å². The minimum absolute atomic E-state index is 0.0165. The fourth-order valence-corrected chi connectivity index (χ4v) is 8.84. The monoisotopic (exact) mass is 706 g/mol. The smallest absolute Gasteiger partial charge is 0.221 e. The molecule has 1 aliphatic rings. The van der Waals surface area contributed by atoms with Crippen LogP contribution in [0.2, 0.25) is 0 Å². The van der Waals surface area contributed by atoms with E-state index in [9.17, 15) is 26.8 Å². The van der Waals surface area contributed by atoms with Crippen molar-refractivity contribution in [3.8, 4) is 0 Å². The molecule has 3 aromatic rings. The maximum atomic E-state index is 12.9. The van der Waals surface area contributed by atoms with Gasteiger partial charge in [-0.15, -0.1) is 10.2 Å². The summed E-state index contributed by atoms with van der Waals surface area (Å²) in [6.45, 7) is 12.0. The van der Waals surface area contributed by atoms with Crippen LogP contribution in [-0.2, 0) is 24.7 Å². The molecule has 1 aliphatic heterocycles. The number of fused-ring (bicyclic) bond motifs is 1. The Balaban J connectivity index is 1.42. The Labute approximate surface area is 281 Å². The molecule has 1 aromatic heterocycles. The van der Waals surface area contributed by atoms with Crippen molar-refractivity contribution in [1.29, 1.82) is 0 Å². The van der Waals surface area contributed by atoms with Crippen LogP contribution in [-0.4, -0.2) is 74.4 Å². The van der Waals surface area contributed by atoms with Crippen LogP contribution in [0, 0.1) is 5.21 Å². The van der Waals surface area contributed by atoms with Crippen molar-refractivity contribution in [2.75, 3.05) is 35.3 Å². The van der Waals surface area contributed by atoms with Gasteiger partial charge in [-0.2, -0.15) is 4.37 Å². The molecule has 0 radical (unpaired) electrons. The Hall–Kier alpha value is -3.02. The van der Waals surface area contributed by atoms with Crippen LogP contribution in [0.1, 0.15) is 67.2 Å². The Morgan fingerprint density at radius 1 is 1.06 bits per heavy atom. The third-order valence-electron chi connectivity index (χ3n) is 8.17. The molecule has 0 atom stereocenters. The lowest BCUT2D eigenvalue weighted by Gasteiger charge is -2.59. The first-order chi connectivity index (χ1) is 21.8. The van der Waals surface area contributed by atoms with E-state index in [0.717, 1.165) is 28.5 Å². The van der Waals surface area contributed by atoms with Crippen LogP contribution in [0.25, 0.3) is 10.9 Å². The molecule has 1 amide bonds. The van der Waals surface area contributed by atoms with Crippen molar-refractivity contribution in [3.05, 3.63) is 41.6 Å². The van der Waals surface area contributed by atoms with Gasteiger partial charge in [-0.25, -0.2) is 21.6 Å². The summed E-state index contributed by atoms with van der Waals surface area (Å²) >= 11 is 1.09. The van der Waals surface area contributed by atoms with Gasteiger partial charge >= 0.3 is 0 Å². The van der Waals surface area contributed by atoms with Crippen molar-refractivity contribution < 1.29 is 21.6 Å². The van der Waals surface area contributed by atoms with E-state index in [-0.39, 0.29) is 22.6 Å². The molecule has 0 spiro atoms. The summed E-state index contributed by atoms with van der Waals surface area (Å²) < 4.78 is 57.1. The number of azo groups is 1. The number of rotatable bonds is 13. The molecular weight excluding hydrogens is 663 g/mol. The molecule has 0 aliphatic carbocycles. The van der Waals surface area contributed by atoms with E-state index in [4.69, 9.17) is 0 Å². The summed E-state index contributed by atoms with van der Waals surface area (Å²) in [5.74, 6) is -0.301. The first-order valence-corrected chi connectivity index (χ1v) is 19.8. The number of piperidine rings is 1. The summed E-state index contributed by atoms with van der Waals surface area (Å²) in [4.78, 5) is 14.3. The molecule has 2 N–H and O–H groups in total. The third kappa shape index (κ3) is 9.32. The average Bonchev–Trinajstić information content (AvgIpc) is 3.36. The van der Waals surface area contributed by atoms with Gasteiger partial charge in [-0.1, -0.05) is 0 Å². The molecule has 1 fully saturated rings. The van der Waals surface area contributed by atoms with Gasteiger partial charge in [0.25, 0.3) is 0 Å². The highest BCUT2D eigenvalue weighted by molar-refractivity contribution is 7.90. The number of carbonyl (C=O) groups is 1. The van der Waals surface area contributed by atoms with Gasteiger partial charge in [0.15, 0.2) is 14.8 Å². The Bertz CT molecular complexity index is 1840. The molecule has 1 saturated heterocycles. The summed E-state index contributed by atoms with van der Waals surface area (Å²) in [6.07, 6.45) is 3.10. The van der Waals surface area contributed by atoms with Crippen LogP contribution >= 0.6 is 11.5 Å². The molecule has 0 bridgehead atoms. The zero-order valence-corrected chi connectivity index (χ0v) is 30.4. The van der Waals surface area contributed by atoms with Crippen molar-refractivity contribution in [2.24, 2.45) is 10.2 Å². The molecule has 4 rings (SSSR count).